The zero-order chi connectivity index (χ0) is 19.5. The van der Waals surface area contributed by atoms with Gasteiger partial charge in [0.2, 0.25) is 5.55 Å². The highest BCUT2D eigenvalue weighted by Crippen LogP contribution is 2.21. The fourth-order valence-corrected chi connectivity index (χ4v) is 2.68. The van der Waals surface area contributed by atoms with Crippen LogP contribution < -0.4 is 10.9 Å². The van der Waals surface area contributed by atoms with Crippen molar-refractivity contribution in [3.8, 4) is 5.75 Å². The van der Waals surface area contributed by atoms with Gasteiger partial charge in [-0.2, -0.15) is 0 Å². The Hall–Kier alpha value is -3.87. The molecule has 1 amide bonds. The number of rotatable bonds is 4. The van der Waals surface area contributed by atoms with Gasteiger partial charge in [0.1, 0.15) is 34.2 Å². The summed E-state index contributed by atoms with van der Waals surface area (Å²) >= 11 is 0. The van der Waals surface area contributed by atoms with Gasteiger partial charge in [-0.05, 0) is 42.5 Å². The number of halogens is 1. The normalized spacial score (nSPS) is 11.7. The van der Waals surface area contributed by atoms with E-state index >= 15 is 0 Å². The van der Waals surface area contributed by atoms with Crippen LogP contribution in [0.3, 0.4) is 0 Å². The van der Waals surface area contributed by atoms with Crippen molar-refractivity contribution in [3.63, 3.8) is 0 Å². The van der Waals surface area contributed by atoms with Crippen LogP contribution in [0.25, 0.3) is 11.0 Å². The number of furan rings is 1. The number of hydrogen-bond acceptors (Lipinski definition) is 5. The molecule has 4 aromatic rings. The summed E-state index contributed by atoms with van der Waals surface area (Å²) in [5.41, 5.74) is 0.414. The molecule has 2 heterocycles. The van der Waals surface area contributed by atoms with E-state index in [0.29, 0.717) is 16.7 Å². The van der Waals surface area contributed by atoms with Crippen LogP contribution in [0.2, 0.25) is 0 Å². The SMILES string of the molecule is O=C(NCc1ccco1)c1cc2ccc(O)cc2oc1=Nc1ccccc1F. The number of phenols is 1. The molecule has 0 radical (unpaired) electrons. The number of para-hydroxylation sites is 1. The third-order valence-electron chi connectivity index (χ3n) is 4.06. The first-order valence-electron chi connectivity index (χ1n) is 8.47. The largest absolute Gasteiger partial charge is 0.508 e. The minimum Gasteiger partial charge on any atom is -0.508 e. The molecule has 140 valence electrons. The fourth-order valence-electron chi connectivity index (χ4n) is 2.68. The fraction of sp³-hybridized carbons (Fsp3) is 0.0476. The Morgan fingerprint density at radius 3 is 2.75 bits per heavy atom. The number of benzene rings is 2. The van der Waals surface area contributed by atoms with Crippen molar-refractivity contribution in [2.24, 2.45) is 4.99 Å². The summed E-state index contributed by atoms with van der Waals surface area (Å²) < 4.78 is 25.0. The number of nitrogens with one attached hydrogen (secondary N) is 1. The summed E-state index contributed by atoms with van der Waals surface area (Å²) in [5.74, 6) is -0.410. The molecule has 2 aromatic heterocycles. The van der Waals surface area contributed by atoms with Gasteiger partial charge >= 0.3 is 0 Å². The van der Waals surface area contributed by atoms with Gasteiger partial charge in [-0.15, -0.1) is 0 Å². The molecule has 2 aromatic carbocycles. The monoisotopic (exact) mass is 378 g/mol. The van der Waals surface area contributed by atoms with Gasteiger partial charge in [0.25, 0.3) is 5.91 Å². The van der Waals surface area contributed by atoms with E-state index in [1.165, 1.54) is 30.5 Å². The standard InChI is InChI=1S/C21H15FN2O4/c22-17-5-1-2-6-18(17)24-21-16(20(26)23-12-15-4-3-9-27-15)10-13-7-8-14(25)11-19(13)28-21/h1-11,25H,12H2,(H,23,26). The lowest BCUT2D eigenvalue weighted by atomic mass is 10.1. The molecule has 0 saturated carbocycles. The number of nitrogens with zero attached hydrogens (tertiary/aromatic N) is 1. The van der Waals surface area contributed by atoms with E-state index in [9.17, 15) is 14.3 Å². The van der Waals surface area contributed by atoms with E-state index < -0.39 is 11.7 Å². The Kier molecular flexibility index (Phi) is 4.63. The topological polar surface area (TPSA) is 88.0 Å². The Morgan fingerprint density at radius 2 is 1.96 bits per heavy atom. The second-order valence-electron chi connectivity index (χ2n) is 6.01. The van der Waals surface area contributed by atoms with Gasteiger partial charge in [0.15, 0.2) is 0 Å². The molecule has 0 fully saturated rings. The molecule has 4 rings (SSSR count). The van der Waals surface area contributed by atoms with E-state index in [4.69, 9.17) is 8.83 Å². The predicted molar refractivity (Wildman–Crippen MR) is 99.4 cm³/mol. The summed E-state index contributed by atoms with van der Waals surface area (Å²) in [4.78, 5) is 16.9. The lowest BCUT2D eigenvalue weighted by Crippen LogP contribution is -2.28. The lowest BCUT2D eigenvalue weighted by molar-refractivity contribution is 0.0944. The van der Waals surface area contributed by atoms with Crippen LogP contribution in [0.5, 0.6) is 5.75 Å². The van der Waals surface area contributed by atoms with Crippen LogP contribution >= 0.6 is 0 Å². The molecule has 0 unspecified atom stereocenters. The first kappa shape index (κ1) is 17.5. The molecule has 6 nitrogen and oxygen atoms in total. The highest BCUT2D eigenvalue weighted by atomic mass is 19.1. The van der Waals surface area contributed by atoms with Crippen molar-refractivity contribution in [1.29, 1.82) is 0 Å². The maximum atomic E-state index is 14.0. The first-order chi connectivity index (χ1) is 13.6. The van der Waals surface area contributed by atoms with Crippen molar-refractivity contribution >= 4 is 22.6 Å². The maximum absolute atomic E-state index is 14.0. The zero-order valence-electron chi connectivity index (χ0n) is 14.6. The Bertz CT molecular complexity index is 1210. The molecule has 0 saturated heterocycles. The van der Waals surface area contributed by atoms with Crippen molar-refractivity contribution in [2.45, 2.75) is 6.54 Å². The van der Waals surface area contributed by atoms with E-state index in [0.717, 1.165) is 0 Å². The van der Waals surface area contributed by atoms with E-state index in [-0.39, 0.29) is 29.1 Å². The first-order valence-corrected chi connectivity index (χ1v) is 8.47. The molecule has 2 N–H and O–H groups in total. The Balaban J connectivity index is 1.82. The van der Waals surface area contributed by atoms with Crippen LogP contribution in [0.15, 0.2) is 80.8 Å². The quantitative estimate of drug-likeness (QED) is 0.561. The van der Waals surface area contributed by atoms with E-state index in [2.05, 4.69) is 10.3 Å². The minimum absolute atomic E-state index is 0.00288. The third-order valence-corrected chi connectivity index (χ3v) is 4.06. The third kappa shape index (κ3) is 3.64. The summed E-state index contributed by atoms with van der Waals surface area (Å²) in [5, 5.41) is 13.0. The second-order valence-corrected chi connectivity index (χ2v) is 6.01. The Labute approximate surface area is 158 Å². The minimum atomic E-state index is -0.546. The van der Waals surface area contributed by atoms with Gasteiger partial charge in [-0.25, -0.2) is 9.38 Å². The predicted octanol–water partition coefficient (Wildman–Crippen LogP) is 4.03. The second kappa shape index (κ2) is 7.40. The van der Waals surface area contributed by atoms with E-state index in [1.54, 1.807) is 36.4 Å². The average Bonchev–Trinajstić information content (AvgIpc) is 3.21. The zero-order valence-corrected chi connectivity index (χ0v) is 14.6. The molecule has 0 bridgehead atoms. The van der Waals surface area contributed by atoms with Crippen LogP contribution in [-0.2, 0) is 6.54 Å². The number of carbonyl (C=O) groups excluding carboxylic acids is 1. The Morgan fingerprint density at radius 1 is 1.11 bits per heavy atom. The van der Waals surface area contributed by atoms with Crippen LogP contribution in [0.4, 0.5) is 10.1 Å². The molecule has 0 aliphatic carbocycles. The summed E-state index contributed by atoms with van der Waals surface area (Å²) in [7, 11) is 0. The number of fused-ring (bicyclic) bond motifs is 1. The molecule has 7 heteroatoms. The van der Waals surface area contributed by atoms with Gasteiger partial charge in [0, 0.05) is 11.5 Å². The summed E-state index contributed by atoms with van der Waals surface area (Å²) in [6.45, 7) is 0.179. The number of hydrogen-bond donors (Lipinski definition) is 2. The highest BCUT2D eigenvalue weighted by Gasteiger charge is 2.14. The lowest BCUT2D eigenvalue weighted by Gasteiger charge is -2.06. The molecule has 0 atom stereocenters. The van der Waals surface area contributed by atoms with Crippen molar-refractivity contribution < 1.29 is 23.1 Å². The highest BCUT2D eigenvalue weighted by molar-refractivity contribution is 5.96. The summed E-state index contributed by atoms with van der Waals surface area (Å²) in [6.07, 6.45) is 1.51. The van der Waals surface area contributed by atoms with Crippen molar-refractivity contribution in [2.75, 3.05) is 0 Å². The molecule has 28 heavy (non-hydrogen) atoms. The number of phenolic OH excluding ortho intramolecular Hbond substituents is 1. The number of amides is 1. The summed E-state index contributed by atoms with van der Waals surface area (Å²) in [6, 6.07) is 15.4. The van der Waals surface area contributed by atoms with Crippen LogP contribution in [0, 0.1) is 5.82 Å². The molecule has 0 aliphatic heterocycles. The maximum Gasteiger partial charge on any atom is 0.257 e. The number of carbonyl (C=O) groups is 1. The van der Waals surface area contributed by atoms with Gasteiger partial charge < -0.3 is 19.3 Å². The smallest absolute Gasteiger partial charge is 0.257 e. The molecule has 0 aliphatic rings. The van der Waals surface area contributed by atoms with Gasteiger partial charge in [-0.1, -0.05) is 12.1 Å². The van der Waals surface area contributed by atoms with Gasteiger partial charge in [0.05, 0.1) is 12.8 Å². The van der Waals surface area contributed by atoms with Gasteiger partial charge in [-0.3, -0.25) is 4.79 Å². The number of aromatic hydroxyl groups is 1. The van der Waals surface area contributed by atoms with Crippen LogP contribution in [0.1, 0.15) is 16.1 Å². The van der Waals surface area contributed by atoms with Crippen molar-refractivity contribution in [3.05, 3.63) is 89.6 Å². The average molecular weight is 378 g/mol. The molecule has 0 spiro atoms. The van der Waals surface area contributed by atoms with E-state index in [1.807, 2.05) is 0 Å². The van der Waals surface area contributed by atoms with Crippen LogP contribution in [-0.4, -0.2) is 11.0 Å². The van der Waals surface area contributed by atoms with Crippen molar-refractivity contribution in [1.82, 2.24) is 5.32 Å². The molecular weight excluding hydrogens is 363 g/mol. The molecular formula is C21H15FN2O4.